The summed E-state index contributed by atoms with van der Waals surface area (Å²) in [5, 5.41) is 1.18. The summed E-state index contributed by atoms with van der Waals surface area (Å²) in [5.74, 6) is 0.977. The number of aryl methyl sites for hydroxylation is 1. The molecule has 4 heteroatoms. The molecule has 0 bridgehead atoms. The Labute approximate surface area is 125 Å². The molecule has 1 unspecified atom stereocenters. The molecule has 2 heterocycles. The lowest BCUT2D eigenvalue weighted by Crippen LogP contribution is -2.41. The molecule has 0 radical (unpaired) electrons. The first-order chi connectivity index (χ1) is 10.2. The van der Waals surface area contributed by atoms with Crippen LogP contribution in [-0.2, 0) is 4.74 Å². The Morgan fingerprint density at radius 1 is 1.29 bits per heavy atom. The van der Waals surface area contributed by atoms with Gasteiger partial charge in [-0.05, 0) is 32.9 Å². The average molecular weight is 288 g/mol. The topological polar surface area (TPSA) is 51.6 Å². The first kappa shape index (κ1) is 14.6. The van der Waals surface area contributed by atoms with E-state index in [0.717, 1.165) is 37.4 Å². The van der Waals surface area contributed by atoms with E-state index in [4.69, 9.17) is 14.9 Å². The van der Waals surface area contributed by atoms with Crippen molar-refractivity contribution < 1.29 is 9.15 Å². The number of benzene rings is 1. The summed E-state index contributed by atoms with van der Waals surface area (Å²) in [7, 11) is 2.18. The predicted octanol–water partition coefficient (Wildman–Crippen LogP) is 2.85. The molecule has 1 aromatic carbocycles. The molecule has 1 atom stereocenters. The van der Waals surface area contributed by atoms with Gasteiger partial charge in [0.25, 0.3) is 0 Å². The zero-order valence-electron chi connectivity index (χ0n) is 12.8. The molecule has 1 saturated heterocycles. The number of ether oxygens (including phenoxy) is 1. The second-order valence-corrected chi connectivity index (χ2v) is 5.83. The van der Waals surface area contributed by atoms with Gasteiger partial charge in [0.15, 0.2) is 0 Å². The number of hydrogen-bond donors (Lipinski definition) is 1. The average Bonchev–Trinajstić information content (AvgIpc) is 2.85. The summed E-state index contributed by atoms with van der Waals surface area (Å²) in [6, 6.07) is 8.93. The van der Waals surface area contributed by atoms with Crippen LogP contribution < -0.4 is 5.73 Å². The van der Waals surface area contributed by atoms with Gasteiger partial charge in [-0.25, -0.2) is 0 Å². The van der Waals surface area contributed by atoms with E-state index in [0.29, 0.717) is 12.6 Å². The third-order valence-electron chi connectivity index (χ3n) is 4.63. The van der Waals surface area contributed by atoms with Gasteiger partial charge in [0, 0.05) is 36.8 Å². The SMILES string of the molecule is Cc1oc2ccccc2c1C(CN)N(C)C1CCOCC1. The van der Waals surface area contributed by atoms with Crippen LogP contribution in [0.4, 0.5) is 0 Å². The molecule has 2 N–H and O–H groups in total. The van der Waals surface area contributed by atoms with Crippen LogP contribution in [0.25, 0.3) is 11.0 Å². The van der Waals surface area contributed by atoms with E-state index < -0.39 is 0 Å². The molecule has 0 spiro atoms. The molecule has 21 heavy (non-hydrogen) atoms. The van der Waals surface area contributed by atoms with Crippen molar-refractivity contribution in [3.05, 3.63) is 35.6 Å². The lowest BCUT2D eigenvalue weighted by molar-refractivity contribution is 0.0293. The summed E-state index contributed by atoms with van der Waals surface area (Å²) in [6.07, 6.45) is 2.14. The van der Waals surface area contributed by atoms with Crippen molar-refractivity contribution >= 4 is 11.0 Å². The van der Waals surface area contributed by atoms with Crippen molar-refractivity contribution in [2.75, 3.05) is 26.8 Å². The Morgan fingerprint density at radius 2 is 2.00 bits per heavy atom. The Balaban J connectivity index is 1.95. The summed E-state index contributed by atoms with van der Waals surface area (Å²) in [5.41, 5.74) is 8.30. The van der Waals surface area contributed by atoms with Gasteiger partial charge >= 0.3 is 0 Å². The Kier molecular flexibility index (Phi) is 4.29. The van der Waals surface area contributed by atoms with Crippen LogP contribution in [-0.4, -0.2) is 37.7 Å². The molecule has 114 valence electrons. The molecule has 1 aliphatic heterocycles. The maximum absolute atomic E-state index is 6.12. The van der Waals surface area contributed by atoms with Crippen molar-refractivity contribution in [2.45, 2.75) is 31.8 Å². The fraction of sp³-hybridized carbons (Fsp3) is 0.529. The molecular weight excluding hydrogens is 264 g/mol. The summed E-state index contributed by atoms with van der Waals surface area (Å²) in [4.78, 5) is 2.41. The first-order valence-corrected chi connectivity index (χ1v) is 7.70. The highest BCUT2D eigenvalue weighted by atomic mass is 16.5. The Hall–Kier alpha value is -1.36. The van der Waals surface area contributed by atoms with E-state index in [1.54, 1.807) is 0 Å². The van der Waals surface area contributed by atoms with Crippen molar-refractivity contribution in [2.24, 2.45) is 5.73 Å². The van der Waals surface area contributed by atoms with Crippen LogP contribution in [0.15, 0.2) is 28.7 Å². The number of likely N-dealkylation sites (N-methyl/N-ethyl adjacent to an activating group) is 1. The molecule has 1 aromatic heterocycles. The number of rotatable bonds is 4. The molecule has 0 amide bonds. The van der Waals surface area contributed by atoms with Crippen LogP contribution in [0.1, 0.15) is 30.2 Å². The minimum Gasteiger partial charge on any atom is -0.461 e. The maximum atomic E-state index is 6.12. The summed E-state index contributed by atoms with van der Waals surface area (Å²) < 4.78 is 11.4. The molecule has 1 aliphatic rings. The van der Waals surface area contributed by atoms with Crippen LogP contribution in [0, 0.1) is 6.92 Å². The monoisotopic (exact) mass is 288 g/mol. The van der Waals surface area contributed by atoms with Crippen molar-refractivity contribution in [3.63, 3.8) is 0 Å². The lowest BCUT2D eigenvalue weighted by atomic mass is 9.98. The molecule has 3 rings (SSSR count). The van der Waals surface area contributed by atoms with Crippen molar-refractivity contribution in [3.8, 4) is 0 Å². The zero-order valence-corrected chi connectivity index (χ0v) is 12.8. The number of fused-ring (bicyclic) bond motifs is 1. The number of furan rings is 1. The standard InChI is InChI=1S/C17H24N2O2/c1-12-17(14-5-3-4-6-16(14)21-12)15(11-18)19(2)13-7-9-20-10-8-13/h3-6,13,15H,7-11,18H2,1-2H3. The molecular formula is C17H24N2O2. The van der Waals surface area contributed by atoms with E-state index in [-0.39, 0.29) is 6.04 Å². The number of hydrogen-bond acceptors (Lipinski definition) is 4. The first-order valence-electron chi connectivity index (χ1n) is 7.70. The fourth-order valence-corrected chi connectivity index (χ4v) is 3.44. The molecule has 2 aromatic rings. The number of para-hydroxylation sites is 1. The minimum absolute atomic E-state index is 0.191. The van der Waals surface area contributed by atoms with Crippen molar-refractivity contribution in [1.29, 1.82) is 0 Å². The highest BCUT2D eigenvalue weighted by Gasteiger charge is 2.28. The second kappa shape index (κ2) is 6.18. The zero-order chi connectivity index (χ0) is 14.8. The Bertz CT molecular complexity index is 602. The molecule has 4 nitrogen and oxygen atoms in total. The van der Waals surface area contributed by atoms with Gasteiger partial charge in [-0.2, -0.15) is 0 Å². The van der Waals surface area contributed by atoms with E-state index in [1.807, 2.05) is 19.1 Å². The van der Waals surface area contributed by atoms with Gasteiger partial charge in [-0.3, -0.25) is 4.90 Å². The highest BCUT2D eigenvalue weighted by molar-refractivity contribution is 5.82. The molecule has 1 fully saturated rings. The Morgan fingerprint density at radius 3 is 2.71 bits per heavy atom. The third kappa shape index (κ3) is 2.71. The smallest absolute Gasteiger partial charge is 0.134 e. The van der Waals surface area contributed by atoms with Gasteiger partial charge < -0.3 is 14.9 Å². The summed E-state index contributed by atoms with van der Waals surface area (Å²) >= 11 is 0. The van der Waals surface area contributed by atoms with Gasteiger partial charge in [0.05, 0.1) is 6.04 Å². The maximum Gasteiger partial charge on any atom is 0.134 e. The lowest BCUT2D eigenvalue weighted by Gasteiger charge is -2.36. The van der Waals surface area contributed by atoms with Gasteiger partial charge in [0.2, 0.25) is 0 Å². The number of nitrogens with two attached hydrogens (primary N) is 1. The summed E-state index contributed by atoms with van der Waals surface area (Å²) in [6.45, 7) is 4.32. The fourth-order valence-electron chi connectivity index (χ4n) is 3.44. The number of nitrogens with zero attached hydrogens (tertiary/aromatic N) is 1. The van der Waals surface area contributed by atoms with E-state index >= 15 is 0 Å². The quantitative estimate of drug-likeness (QED) is 0.940. The highest BCUT2D eigenvalue weighted by Crippen LogP contribution is 2.34. The minimum atomic E-state index is 0.191. The van der Waals surface area contributed by atoms with Crippen molar-refractivity contribution in [1.82, 2.24) is 4.90 Å². The molecule has 0 saturated carbocycles. The van der Waals surface area contributed by atoms with Crippen LogP contribution in [0.2, 0.25) is 0 Å². The largest absolute Gasteiger partial charge is 0.461 e. The second-order valence-electron chi connectivity index (χ2n) is 5.83. The normalized spacial score (nSPS) is 18.5. The van der Waals surface area contributed by atoms with E-state index in [9.17, 15) is 0 Å². The third-order valence-corrected chi connectivity index (χ3v) is 4.63. The molecule has 0 aliphatic carbocycles. The van der Waals surface area contributed by atoms with Crippen LogP contribution in [0.5, 0.6) is 0 Å². The van der Waals surface area contributed by atoms with Gasteiger partial charge in [-0.15, -0.1) is 0 Å². The predicted molar refractivity (Wildman–Crippen MR) is 84.4 cm³/mol. The van der Waals surface area contributed by atoms with Gasteiger partial charge in [0.1, 0.15) is 11.3 Å². The van der Waals surface area contributed by atoms with Gasteiger partial charge in [-0.1, -0.05) is 18.2 Å². The van der Waals surface area contributed by atoms with Crippen LogP contribution in [0.3, 0.4) is 0 Å². The van der Waals surface area contributed by atoms with E-state index in [2.05, 4.69) is 24.1 Å². The van der Waals surface area contributed by atoms with E-state index in [1.165, 1.54) is 10.9 Å². The van der Waals surface area contributed by atoms with Crippen LogP contribution >= 0.6 is 0 Å².